The van der Waals surface area contributed by atoms with Crippen molar-refractivity contribution in [1.82, 2.24) is 9.88 Å². The van der Waals surface area contributed by atoms with Gasteiger partial charge in [-0.05, 0) is 18.2 Å². The molecule has 1 aliphatic heterocycles. The number of benzene rings is 2. The first-order valence-electron chi connectivity index (χ1n) is 10.6. The molecule has 0 aliphatic carbocycles. The van der Waals surface area contributed by atoms with Gasteiger partial charge in [-0.2, -0.15) is 0 Å². The first-order valence-corrected chi connectivity index (χ1v) is 10.6. The molecule has 0 amide bonds. The molecule has 1 N–H and O–H groups in total. The number of aliphatic hydroxyl groups excluding tert-OH is 1. The summed E-state index contributed by atoms with van der Waals surface area (Å²) in [7, 11) is 0. The molecule has 0 spiro atoms. The van der Waals surface area contributed by atoms with Crippen molar-refractivity contribution >= 4 is 5.69 Å². The van der Waals surface area contributed by atoms with Crippen molar-refractivity contribution in [3.05, 3.63) is 89.5 Å². The number of piperazine rings is 1. The largest absolute Gasteiger partial charge is 0.481 e. The standard InChI is InChI=1S/C26H26FN3O2/c1-2-17-32-24-11-4-3-7-21(24)19-29-13-15-30(16-14-29)25-22(9-5-10-23(25)27)26(31)20-8-6-12-28-18-20/h1,3-12,18,26,31H,13-17,19H2/t26-/m1/s1. The van der Waals surface area contributed by atoms with Gasteiger partial charge in [-0.3, -0.25) is 9.88 Å². The van der Waals surface area contributed by atoms with Crippen molar-refractivity contribution < 1.29 is 14.2 Å². The van der Waals surface area contributed by atoms with Crippen LogP contribution in [0.2, 0.25) is 0 Å². The lowest BCUT2D eigenvalue weighted by Crippen LogP contribution is -2.46. The number of nitrogens with zero attached hydrogens (tertiary/aromatic N) is 3. The molecule has 4 rings (SSSR count). The summed E-state index contributed by atoms with van der Waals surface area (Å²) in [5.41, 5.74) is 2.73. The summed E-state index contributed by atoms with van der Waals surface area (Å²) in [6.45, 7) is 3.81. The maximum atomic E-state index is 14.9. The second kappa shape index (κ2) is 10.3. The third-order valence-electron chi connectivity index (χ3n) is 5.68. The molecule has 1 saturated heterocycles. The highest BCUT2D eigenvalue weighted by Crippen LogP contribution is 2.33. The number of halogens is 1. The van der Waals surface area contributed by atoms with Crippen LogP contribution in [-0.2, 0) is 6.54 Å². The van der Waals surface area contributed by atoms with Crippen molar-refractivity contribution in [2.45, 2.75) is 12.6 Å². The molecular weight excluding hydrogens is 405 g/mol. The van der Waals surface area contributed by atoms with Crippen LogP contribution >= 0.6 is 0 Å². The number of rotatable bonds is 7. The summed E-state index contributed by atoms with van der Waals surface area (Å²) in [6.07, 6.45) is 7.64. The molecule has 3 aromatic rings. The van der Waals surface area contributed by atoms with Crippen LogP contribution in [0.4, 0.5) is 10.1 Å². The molecule has 2 heterocycles. The van der Waals surface area contributed by atoms with E-state index in [4.69, 9.17) is 11.2 Å². The second-order valence-electron chi connectivity index (χ2n) is 7.73. The molecule has 0 bridgehead atoms. The fourth-order valence-electron chi connectivity index (χ4n) is 4.07. The number of aliphatic hydroxyl groups is 1. The Labute approximate surface area is 188 Å². The van der Waals surface area contributed by atoms with Crippen LogP contribution in [0.5, 0.6) is 5.75 Å². The zero-order valence-corrected chi connectivity index (χ0v) is 17.8. The molecule has 0 saturated carbocycles. The maximum absolute atomic E-state index is 14.9. The van der Waals surface area contributed by atoms with Gasteiger partial charge in [0.05, 0.1) is 5.69 Å². The second-order valence-corrected chi connectivity index (χ2v) is 7.73. The lowest BCUT2D eigenvalue weighted by Gasteiger charge is -2.37. The van der Waals surface area contributed by atoms with E-state index in [0.717, 1.165) is 30.9 Å². The minimum atomic E-state index is -0.937. The predicted octanol–water partition coefficient (Wildman–Crippen LogP) is 3.64. The summed E-state index contributed by atoms with van der Waals surface area (Å²) in [5.74, 6) is 2.97. The summed E-state index contributed by atoms with van der Waals surface area (Å²) in [5, 5.41) is 10.9. The number of para-hydroxylation sites is 2. The van der Waals surface area contributed by atoms with Crippen molar-refractivity contribution in [2.24, 2.45) is 0 Å². The van der Waals surface area contributed by atoms with Gasteiger partial charge >= 0.3 is 0 Å². The van der Waals surface area contributed by atoms with E-state index < -0.39 is 6.10 Å². The van der Waals surface area contributed by atoms with Crippen LogP contribution in [0.1, 0.15) is 22.8 Å². The summed E-state index contributed by atoms with van der Waals surface area (Å²) in [6, 6.07) is 16.3. The number of aromatic nitrogens is 1. The third-order valence-corrected chi connectivity index (χ3v) is 5.68. The minimum absolute atomic E-state index is 0.236. The number of pyridine rings is 1. The van der Waals surface area contributed by atoms with E-state index in [1.165, 1.54) is 6.07 Å². The summed E-state index contributed by atoms with van der Waals surface area (Å²) < 4.78 is 20.6. The van der Waals surface area contributed by atoms with E-state index >= 15 is 0 Å². The lowest BCUT2D eigenvalue weighted by atomic mass is 9.99. The van der Waals surface area contributed by atoms with E-state index in [9.17, 15) is 9.50 Å². The van der Waals surface area contributed by atoms with Gasteiger partial charge in [0.15, 0.2) is 0 Å². The van der Waals surface area contributed by atoms with Crippen molar-refractivity contribution in [3.8, 4) is 18.1 Å². The quantitative estimate of drug-likeness (QED) is 0.579. The number of hydrogen-bond acceptors (Lipinski definition) is 5. The van der Waals surface area contributed by atoms with E-state index in [2.05, 4.69) is 15.8 Å². The Balaban J connectivity index is 1.47. The summed E-state index contributed by atoms with van der Waals surface area (Å²) >= 11 is 0. The fraction of sp³-hybridized carbons (Fsp3) is 0.269. The third kappa shape index (κ3) is 4.91. The molecule has 2 aromatic carbocycles. The van der Waals surface area contributed by atoms with Crippen LogP contribution < -0.4 is 9.64 Å². The molecule has 1 atom stereocenters. The molecule has 1 fully saturated rings. The topological polar surface area (TPSA) is 48.8 Å². The normalized spacial score (nSPS) is 15.2. The predicted molar refractivity (Wildman–Crippen MR) is 123 cm³/mol. The van der Waals surface area contributed by atoms with Gasteiger partial charge in [0.1, 0.15) is 24.3 Å². The number of terminal acetylenes is 1. The SMILES string of the molecule is C#CCOc1ccccc1CN1CCN(c2c(F)cccc2[C@H](O)c2cccnc2)CC1. The van der Waals surface area contributed by atoms with Gasteiger partial charge in [0.25, 0.3) is 0 Å². The zero-order chi connectivity index (χ0) is 22.3. The lowest BCUT2D eigenvalue weighted by molar-refractivity contribution is 0.217. The molecule has 1 aliphatic rings. The highest BCUT2D eigenvalue weighted by atomic mass is 19.1. The fourth-order valence-corrected chi connectivity index (χ4v) is 4.07. The van der Waals surface area contributed by atoms with Crippen LogP contribution in [-0.4, -0.2) is 47.8 Å². The van der Waals surface area contributed by atoms with Crippen LogP contribution in [0.3, 0.4) is 0 Å². The molecule has 0 unspecified atom stereocenters. The first kappa shape index (κ1) is 21.8. The first-order chi connectivity index (χ1) is 15.7. The molecule has 32 heavy (non-hydrogen) atoms. The molecule has 1 aromatic heterocycles. The van der Waals surface area contributed by atoms with E-state index in [1.807, 2.05) is 29.2 Å². The monoisotopic (exact) mass is 431 g/mol. The van der Waals surface area contributed by atoms with Gasteiger partial charge in [0, 0.05) is 61.8 Å². The van der Waals surface area contributed by atoms with E-state index in [0.29, 0.717) is 29.9 Å². The zero-order valence-electron chi connectivity index (χ0n) is 17.8. The minimum Gasteiger partial charge on any atom is -0.481 e. The van der Waals surface area contributed by atoms with Crippen LogP contribution in [0.25, 0.3) is 0 Å². The molecule has 6 heteroatoms. The highest BCUT2D eigenvalue weighted by molar-refractivity contribution is 5.58. The van der Waals surface area contributed by atoms with Gasteiger partial charge in [0.2, 0.25) is 0 Å². The van der Waals surface area contributed by atoms with Gasteiger partial charge in [-0.1, -0.05) is 42.3 Å². The molecule has 0 radical (unpaired) electrons. The summed E-state index contributed by atoms with van der Waals surface area (Å²) in [4.78, 5) is 8.40. The van der Waals surface area contributed by atoms with E-state index in [1.54, 1.807) is 36.7 Å². The van der Waals surface area contributed by atoms with Gasteiger partial charge < -0.3 is 14.7 Å². The number of hydrogen-bond donors (Lipinski definition) is 1. The van der Waals surface area contributed by atoms with Crippen molar-refractivity contribution in [3.63, 3.8) is 0 Å². The number of anilines is 1. The van der Waals surface area contributed by atoms with Crippen LogP contribution in [0.15, 0.2) is 67.0 Å². The average Bonchev–Trinajstić information content (AvgIpc) is 2.84. The van der Waals surface area contributed by atoms with E-state index in [-0.39, 0.29) is 12.4 Å². The van der Waals surface area contributed by atoms with Crippen LogP contribution in [0, 0.1) is 18.2 Å². The van der Waals surface area contributed by atoms with Crippen molar-refractivity contribution in [1.29, 1.82) is 0 Å². The Bertz CT molecular complexity index is 1080. The Hall–Kier alpha value is -3.40. The van der Waals surface area contributed by atoms with Crippen molar-refractivity contribution in [2.75, 3.05) is 37.7 Å². The smallest absolute Gasteiger partial charge is 0.148 e. The Morgan fingerprint density at radius 1 is 1.06 bits per heavy atom. The molecule has 5 nitrogen and oxygen atoms in total. The Morgan fingerprint density at radius 3 is 2.62 bits per heavy atom. The average molecular weight is 432 g/mol. The van der Waals surface area contributed by atoms with Gasteiger partial charge in [-0.15, -0.1) is 6.42 Å². The maximum Gasteiger partial charge on any atom is 0.148 e. The highest BCUT2D eigenvalue weighted by Gasteiger charge is 2.25. The Morgan fingerprint density at radius 2 is 1.88 bits per heavy atom. The Kier molecular flexibility index (Phi) is 7.00. The van der Waals surface area contributed by atoms with Gasteiger partial charge in [-0.25, -0.2) is 4.39 Å². The molecular formula is C26H26FN3O2. The molecule has 164 valence electrons. The number of ether oxygens (including phenoxy) is 1.